The third-order valence-electron chi connectivity index (χ3n) is 4.44. The van der Waals surface area contributed by atoms with Gasteiger partial charge in [-0.15, -0.1) is 0 Å². The number of fused-ring (bicyclic) bond motifs is 1. The predicted molar refractivity (Wildman–Crippen MR) is 71.4 cm³/mol. The van der Waals surface area contributed by atoms with E-state index in [-0.39, 0.29) is 5.91 Å². The quantitative estimate of drug-likeness (QED) is 0.827. The molecular formula is C14H21N3O2. The summed E-state index contributed by atoms with van der Waals surface area (Å²) in [5.41, 5.74) is 0. The third kappa shape index (κ3) is 2.67. The largest absolute Gasteiger partial charge is 0.467 e. The van der Waals surface area contributed by atoms with Crippen LogP contribution in [0.5, 0.6) is 0 Å². The van der Waals surface area contributed by atoms with Crippen molar-refractivity contribution in [3.05, 3.63) is 24.2 Å². The van der Waals surface area contributed by atoms with Gasteiger partial charge in [0.2, 0.25) is 5.91 Å². The van der Waals surface area contributed by atoms with E-state index < -0.39 is 0 Å². The molecule has 0 spiro atoms. The maximum atomic E-state index is 11.9. The summed E-state index contributed by atoms with van der Waals surface area (Å²) in [6, 6.07) is 4.20. The number of furan rings is 1. The average Bonchev–Trinajstić information content (AvgIpc) is 3.09. The van der Waals surface area contributed by atoms with Gasteiger partial charge in [-0.2, -0.15) is 0 Å². The van der Waals surface area contributed by atoms with Gasteiger partial charge in [0.15, 0.2) is 0 Å². The number of carbonyl (C=O) groups is 1. The molecule has 0 saturated carbocycles. The molecule has 0 aliphatic carbocycles. The molecule has 2 N–H and O–H groups in total. The lowest BCUT2D eigenvalue weighted by molar-refractivity contribution is -0.122. The molecule has 2 aliphatic heterocycles. The molecule has 0 aromatic carbocycles. The Morgan fingerprint density at radius 3 is 3.21 bits per heavy atom. The molecule has 5 nitrogen and oxygen atoms in total. The number of hydrogen-bond acceptors (Lipinski definition) is 4. The number of nitrogens with one attached hydrogen (secondary N) is 2. The zero-order chi connectivity index (χ0) is 13.2. The first-order valence-corrected chi connectivity index (χ1v) is 6.98. The van der Waals surface area contributed by atoms with E-state index in [1.807, 2.05) is 12.1 Å². The molecule has 3 atom stereocenters. The van der Waals surface area contributed by atoms with Gasteiger partial charge in [0.1, 0.15) is 5.76 Å². The lowest BCUT2D eigenvalue weighted by atomic mass is 9.95. The van der Waals surface area contributed by atoms with Crippen molar-refractivity contribution in [1.82, 2.24) is 15.5 Å². The molecule has 104 valence electrons. The van der Waals surface area contributed by atoms with Crippen LogP contribution in [-0.2, 0) is 11.3 Å². The third-order valence-corrected chi connectivity index (χ3v) is 4.44. The highest BCUT2D eigenvalue weighted by Gasteiger charge is 2.41. The van der Waals surface area contributed by atoms with Crippen LogP contribution in [0, 0.1) is 11.8 Å². The smallest absolute Gasteiger partial charge is 0.234 e. The van der Waals surface area contributed by atoms with E-state index in [0.717, 1.165) is 25.4 Å². The fourth-order valence-corrected chi connectivity index (χ4v) is 3.30. The zero-order valence-corrected chi connectivity index (χ0v) is 11.3. The minimum atomic E-state index is 0.0798. The molecule has 19 heavy (non-hydrogen) atoms. The summed E-state index contributed by atoms with van der Waals surface area (Å²) in [5.74, 6) is 2.30. The van der Waals surface area contributed by atoms with Crippen molar-refractivity contribution in [1.29, 1.82) is 0 Å². The summed E-state index contributed by atoms with van der Waals surface area (Å²) in [5, 5.41) is 6.34. The van der Waals surface area contributed by atoms with Crippen LogP contribution in [0.15, 0.2) is 22.8 Å². The number of amides is 1. The number of hydrogen-bond donors (Lipinski definition) is 2. The second kappa shape index (κ2) is 5.35. The average molecular weight is 263 g/mol. The van der Waals surface area contributed by atoms with Crippen molar-refractivity contribution >= 4 is 5.91 Å². The Morgan fingerprint density at radius 1 is 1.58 bits per heavy atom. The first kappa shape index (κ1) is 12.7. The van der Waals surface area contributed by atoms with Crippen LogP contribution in [-0.4, -0.2) is 43.0 Å². The fourth-order valence-electron chi connectivity index (χ4n) is 3.30. The van der Waals surface area contributed by atoms with E-state index in [4.69, 9.17) is 4.42 Å². The zero-order valence-electron chi connectivity index (χ0n) is 11.3. The normalized spacial score (nSPS) is 30.5. The van der Waals surface area contributed by atoms with Gasteiger partial charge in [0.05, 0.1) is 19.4 Å². The molecule has 0 bridgehead atoms. The Bertz CT molecular complexity index is 432. The fraction of sp³-hybridized carbons (Fsp3) is 0.643. The van der Waals surface area contributed by atoms with Crippen LogP contribution >= 0.6 is 0 Å². The summed E-state index contributed by atoms with van der Waals surface area (Å²) in [6.07, 6.45) is 1.62. The Kier molecular flexibility index (Phi) is 3.57. The Labute approximate surface area is 113 Å². The van der Waals surface area contributed by atoms with Crippen LogP contribution in [0.1, 0.15) is 12.7 Å². The van der Waals surface area contributed by atoms with E-state index in [2.05, 4.69) is 22.5 Å². The van der Waals surface area contributed by atoms with E-state index in [9.17, 15) is 4.79 Å². The van der Waals surface area contributed by atoms with Gasteiger partial charge in [0.25, 0.3) is 0 Å². The second-order valence-corrected chi connectivity index (χ2v) is 5.61. The SMILES string of the molecule is CC1C2CNCC2CN1CC(=O)NCc1ccco1. The first-order valence-electron chi connectivity index (χ1n) is 6.98. The first-order chi connectivity index (χ1) is 9.24. The standard InChI is InChI=1S/C14H21N3O2/c1-10-13-7-15-5-11(13)8-17(10)9-14(18)16-6-12-3-2-4-19-12/h2-4,10-11,13,15H,5-9H2,1H3,(H,16,18). The Morgan fingerprint density at radius 2 is 2.47 bits per heavy atom. The van der Waals surface area contributed by atoms with E-state index >= 15 is 0 Å². The van der Waals surface area contributed by atoms with Gasteiger partial charge >= 0.3 is 0 Å². The van der Waals surface area contributed by atoms with Gasteiger partial charge in [-0.05, 0) is 44.0 Å². The summed E-state index contributed by atoms with van der Waals surface area (Å²) >= 11 is 0. The monoisotopic (exact) mass is 263 g/mol. The second-order valence-electron chi connectivity index (χ2n) is 5.61. The molecule has 0 radical (unpaired) electrons. The minimum absolute atomic E-state index is 0.0798. The van der Waals surface area contributed by atoms with Crippen LogP contribution in [0.4, 0.5) is 0 Å². The lowest BCUT2D eigenvalue weighted by Crippen LogP contribution is -2.41. The van der Waals surface area contributed by atoms with Crippen molar-refractivity contribution in [2.75, 3.05) is 26.2 Å². The van der Waals surface area contributed by atoms with Crippen LogP contribution < -0.4 is 10.6 Å². The van der Waals surface area contributed by atoms with Crippen LogP contribution in [0.25, 0.3) is 0 Å². The topological polar surface area (TPSA) is 57.5 Å². The minimum Gasteiger partial charge on any atom is -0.467 e. The summed E-state index contributed by atoms with van der Waals surface area (Å²) in [4.78, 5) is 14.2. The van der Waals surface area contributed by atoms with Gasteiger partial charge in [-0.1, -0.05) is 0 Å². The predicted octanol–water partition coefficient (Wildman–Crippen LogP) is 0.436. The number of carbonyl (C=O) groups excluding carboxylic acids is 1. The van der Waals surface area contributed by atoms with Crippen LogP contribution in [0.3, 0.4) is 0 Å². The highest BCUT2D eigenvalue weighted by molar-refractivity contribution is 5.78. The summed E-state index contributed by atoms with van der Waals surface area (Å²) in [7, 11) is 0. The molecule has 2 saturated heterocycles. The maximum absolute atomic E-state index is 11.9. The molecule has 2 aliphatic rings. The highest BCUT2D eigenvalue weighted by Crippen LogP contribution is 2.31. The maximum Gasteiger partial charge on any atom is 0.234 e. The van der Waals surface area contributed by atoms with Gasteiger partial charge in [0, 0.05) is 12.6 Å². The summed E-state index contributed by atoms with van der Waals surface area (Å²) in [6.45, 7) is 6.43. The molecule has 3 rings (SSSR count). The van der Waals surface area contributed by atoms with E-state index in [1.165, 1.54) is 0 Å². The molecule has 3 unspecified atom stereocenters. The van der Waals surface area contributed by atoms with Crippen molar-refractivity contribution in [2.24, 2.45) is 11.8 Å². The molecule has 5 heteroatoms. The number of likely N-dealkylation sites (tertiary alicyclic amines) is 1. The lowest BCUT2D eigenvalue weighted by Gasteiger charge is -2.23. The van der Waals surface area contributed by atoms with E-state index in [1.54, 1.807) is 6.26 Å². The Hall–Kier alpha value is -1.33. The van der Waals surface area contributed by atoms with Crippen molar-refractivity contribution in [2.45, 2.75) is 19.5 Å². The number of rotatable bonds is 4. The van der Waals surface area contributed by atoms with Gasteiger partial charge in [-0.25, -0.2) is 0 Å². The van der Waals surface area contributed by atoms with Gasteiger partial charge in [-0.3, -0.25) is 9.69 Å². The molecule has 1 amide bonds. The van der Waals surface area contributed by atoms with Crippen LogP contribution in [0.2, 0.25) is 0 Å². The van der Waals surface area contributed by atoms with Gasteiger partial charge < -0.3 is 15.1 Å². The Balaban J connectivity index is 1.47. The van der Waals surface area contributed by atoms with E-state index in [0.29, 0.717) is 31.0 Å². The molecule has 1 aromatic heterocycles. The molecular weight excluding hydrogens is 242 g/mol. The molecule has 3 heterocycles. The number of nitrogens with zero attached hydrogens (tertiary/aromatic N) is 1. The molecule has 2 fully saturated rings. The van der Waals surface area contributed by atoms with Crippen molar-refractivity contribution in [3.8, 4) is 0 Å². The highest BCUT2D eigenvalue weighted by atomic mass is 16.3. The summed E-state index contributed by atoms with van der Waals surface area (Å²) < 4.78 is 5.20. The molecule has 1 aromatic rings. The van der Waals surface area contributed by atoms with Crippen molar-refractivity contribution in [3.63, 3.8) is 0 Å². The van der Waals surface area contributed by atoms with Crippen molar-refractivity contribution < 1.29 is 9.21 Å².